The van der Waals surface area contributed by atoms with Gasteiger partial charge in [0.25, 0.3) is 5.91 Å². The second kappa shape index (κ2) is 4.36. The van der Waals surface area contributed by atoms with Crippen LogP contribution in [-0.4, -0.2) is 41.4 Å². The zero-order valence-electron chi connectivity index (χ0n) is 10.4. The number of thiophene rings is 1. The minimum Gasteiger partial charge on any atom is -0.397 e. The van der Waals surface area contributed by atoms with Gasteiger partial charge in [0, 0.05) is 18.7 Å². The number of rotatable bonds is 3. The highest BCUT2D eigenvalue weighted by molar-refractivity contribution is 7.18. The van der Waals surface area contributed by atoms with Crippen molar-refractivity contribution >= 4 is 27.9 Å². The Morgan fingerprint density at radius 3 is 2.32 bits per heavy atom. The molecule has 3 rings (SSSR count). The molecule has 2 aliphatic rings. The topological polar surface area (TPSA) is 113 Å². The van der Waals surface area contributed by atoms with Gasteiger partial charge in [0.05, 0.1) is 22.9 Å². The van der Waals surface area contributed by atoms with Crippen LogP contribution in [-0.2, 0) is 0 Å². The molecule has 0 bridgehead atoms. The molecule has 2 heterocycles. The summed E-state index contributed by atoms with van der Waals surface area (Å²) in [6, 6.07) is 0. The Labute approximate surface area is 114 Å². The lowest BCUT2D eigenvalue weighted by Crippen LogP contribution is -2.22. The van der Waals surface area contributed by atoms with Crippen LogP contribution in [0.15, 0.2) is 0 Å². The van der Waals surface area contributed by atoms with Crippen LogP contribution in [0.2, 0.25) is 0 Å². The average molecular weight is 283 g/mol. The Morgan fingerprint density at radius 2 is 1.84 bits per heavy atom. The molecular weight excluding hydrogens is 266 g/mol. The molecule has 1 saturated carbocycles. The lowest BCUT2D eigenvalue weighted by Gasteiger charge is -2.17. The van der Waals surface area contributed by atoms with Crippen molar-refractivity contribution in [2.24, 2.45) is 5.73 Å². The fourth-order valence-corrected chi connectivity index (χ4v) is 3.74. The molecule has 6 N–H and O–H groups in total. The summed E-state index contributed by atoms with van der Waals surface area (Å²) in [6.07, 6.45) is 0.607. The molecule has 1 saturated heterocycles. The van der Waals surface area contributed by atoms with Crippen molar-refractivity contribution in [2.45, 2.75) is 31.0 Å². The van der Waals surface area contributed by atoms with Crippen molar-refractivity contribution in [1.29, 1.82) is 0 Å². The molecule has 6 nitrogen and oxygen atoms in total. The van der Waals surface area contributed by atoms with E-state index in [4.69, 9.17) is 11.5 Å². The molecule has 1 amide bonds. The first-order valence-electron chi connectivity index (χ1n) is 6.32. The van der Waals surface area contributed by atoms with E-state index in [1.165, 1.54) is 11.3 Å². The van der Waals surface area contributed by atoms with E-state index < -0.39 is 18.1 Å². The molecule has 1 aliphatic carbocycles. The number of nitrogens with two attached hydrogens (primary N) is 2. The first kappa shape index (κ1) is 12.7. The van der Waals surface area contributed by atoms with Gasteiger partial charge in [-0.3, -0.25) is 4.79 Å². The highest BCUT2D eigenvalue weighted by Crippen LogP contribution is 2.52. The molecule has 2 atom stereocenters. The van der Waals surface area contributed by atoms with Crippen LogP contribution in [0.3, 0.4) is 0 Å². The van der Waals surface area contributed by atoms with Crippen LogP contribution in [0.4, 0.5) is 10.7 Å². The van der Waals surface area contributed by atoms with Gasteiger partial charge in [0.2, 0.25) is 0 Å². The first-order chi connectivity index (χ1) is 8.99. The largest absolute Gasteiger partial charge is 0.397 e. The highest BCUT2D eigenvalue weighted by atomic mass is 32.1. The molecular formula is C12H17N3O3S. The minimum atomic E-state index is -0.757. The van der Waals surface area contributed by atoms with E-state index in [0.29, 0.717) is 29.6 Å². The van der Waals surface area contributed by atoms with Gasteiger partial charge in [0.15, 0.2) is 0 Å². The number of nitrogen functional groups attached to an aromatic ring is 1. The van der Waals surface area contributed by atoms with Crippen molar-refractivity contribution in [1.82, 2.24) is 0 Å². The van der Waals surface area contributed by atoms with Crippen LogP contribution in [0.25, 0.3) is 0 Å². The monoisotopic (exact) mass is 283 g/mol. The van der Waals surface area contributed by atoms with Gasteiger partial charge in [-0.15, -0.1) is 11.3 Å². The number of aliphatic hydroxyl groups excluding tert-OH is 2. The quantitative estimate of drug-likeness (QED) is 0.616. The van der Waals surface area contributed by atoms with E-state index in [2.05, 4.69) is 0 Å². The molecule has 0 radical (unpaired) electrons. The summed E-state index contributed by atoms with van der Waals surface area (Å²) in [5, 5.41) is 20.2. The second-order valence-corrected chi connectivity index (χ2v) is 6.24. The van der Waals surface area contributed by atoms with Gasteiger partial charge in [-0.05, 0) is 18.8 Å². The first-order valence-corrected chi connectivity index (χ1v) is 7.13. The van der Waals surface area contributed by atoms with Crippen LogP contribution in [0.1, 0.15) is 34.0 Å². The molecule has 104 valence electrons. The second-order valence-electron chi connectivity index (χ2n) is 5.24. The van der Waals surface area contributed by atoms with Crippen molar-refractivity contribution in [3.8, 4) is 0 Å². The Balaban J connectivity index is 2.00. The van der Waals surface area contributed by atoms with Gasteiger partial charge in [-0.25, -0.2) is 0 Å². The Morgan fingerprint density at radius 1 is 1.26 bits per heavy atom. The maximum atomic E-state index is 11.4. The van der Waals surface area contributed by atoms with Gasteiger partial charge >= 0.3 is 0 Å². The number of β-amino-alcohol motifs (C(OH)–C–C–N with tert-alkyl or cyclic N) is 2. The predicted octanol–water partition coefficient (Wildman–Crippen LogP) is -0.152. The predicted molar refractivity (Wildman–Crippen MR) is 73.5 cm³/mol. The third kappa shape index (κ3) is 2.07. The molecule has 1 aromatic rings. The smallest absolute Gasteiger partial charge is 0.260 e. The van der Waals surface area contributed by atoms with Gasteiger partial charge in [0.1, 0.15) is 4.88 Å². The van der Waals surface area contributed by atoms with Crippen LogP contribution < -0.4 is 16.4 Å². The van der Waals surface area contributed by atoms with Gasteiger partial charge in [-0.2, -0.15) is 0 Å². The molecule has 2 unspecified atom stereocenters. The number of carbonyl (C=O) groups excluding carboxylic acids is 1. The maximum Gasteiger partial charge on any atom is 0.260 e. The standard InChI is InChI=1S/C12H17N3O3S/c13-9-8(5-1-2-5)12(19-10(9)11(14)18)15-3-6(16)7(17)4-15/h5-7,16-17H,1-4,13H2,(H2,14,18). The number of primary amides is 1. The van der Waals surface area contributed by atoms with E-state index >= 15 is 0 Å². The molecule has 1 aromatic heterocycles. The molecule has 7 heteroatoms. The minimum absolute atomic E-state index is 0.360. The van der Waals surface area contributed by atoms with E-state index in [1.807, 2.05) is 4.90 Å². The normalized spacial score (nSPS) is 26.9. The van der Waals surface area contributed by atoms with Crippen LogP contribution >= 0.6 is 11.3 Å². The third-order valence-corrected chi connectivity index (χ3v) is 5.02. The molecule has 0 aromatic carbocycles. The summed E-state index contributed by atoms with van der Waals surface area (Å²) in [4.78, 5) is 13.7. The number of hydrogen-bond donors (Lipinski definition) is 4. The molecule has 1 aliphatic heterocycles. The van der Waals surface area contributed by atoms with E-state index in [-0.39, 0.29) is 0 Å². The maximum absolute atomic E-state index is 11.4. The van der Waals surface area contributed by atoms with Crippen molar-refractivity contribution in [3.05, 3.63) is 10.4 Å². The Bertz CT molecular complexity index is 517. The summed E-state index contributed by atoms with van der Waals surface area (Å²) >= 11 is 1.27. The molecule has 0 spiro atoms. The zero-order valence-corrected chi connectivity index (χ0v) is 11.2. The SMILES string of the molecule is NC(=O)c1sc(N2CC(O)C(O)C2)c(C2CC2)c1N. The summed E-state index contributed by atoms with van der Waals surface area (Å²) in [6.45, 7) is 0.720. The van der Waals surface area contributed by atoms with E-state index in [0.717, 1.165) is 23.4 Å². The Hall–Kier alpha value is -1.31. The fourth-order valence-electron chi connectivity index (χ4n) is 2.56. The van der Waals surface area contributed by atoms with Crippen molar-refractivity contribution in [3.63, 3.8) is 0 Å². The summed E-state index contributed by atoms with van der Waals surface area (Å²) < 4.78 is 0. The highest BCUT2D eigenvalue weighted by Gasteiger charge is 2.38. The third-order valence-electron chi connectivity index (χ3n) is 3.72. The lowest BCUT2D eigenvalue weighted by molar-refractivity contribution is 0.0572. The fraction of sp³-hybridized carbons (Fsp3) is 0.583. The molecule has 19 heavy (non-hydrogen) atoms. The van der Waals surface area contributed by atoms with Gasteiger partial charge in [-0.1, -0.05) is 0 Å². The number of hydrogen-bond acceptors (Lipinski definition) is 6. The number of nitrogens with zero attached hydrogens (tertiary/aromatic N) is 1. The van der Waals surface area contributed by atoms with Crippen molar-refractivity contribution in [2.75, 3.05) is 23.7 Å². The van der Waals surface area contributed by atoms with Crippen LogP contribution in [0.5, 0.6) is 0 Å². The molecule has 2 fully saturated rings. The van der Waals surface area contributed by atoms with Gasteiger partial charge < -0.3 is 26.6 Å². The lowest BCUT2D eigenvalue weighted by atomic mass is 10.1. The number of amides is 1. The van der Waals surface area contributed by atoms with E-state index in [9.17, 15) is 15.0 Å². The zero-order chi connectivity index (χ0) is 13.7. The number of anilines is 2. The van der Waals surface area contributed by atoms with E-state index in [1.54, 1.807) is 0 Å². The summed E-state index contributed by atoms with van der Waals surface area (Å²) in [5.74, 6) is -0.134. The summed E-state index contributed by atoms with van der Waals surface area (Å²) in [5.41, 5.74) is 12.8. The summed E-state index contributed by atoms with van der Waals surface area (Å²) in [7, 11) is 0. The number of carbonyl (C=O) groups is 1. The Kier molecular flexibility index (Phi) is 2.92. The van der Waals surface area contributed by atoms with Crippen LogP contribution in [0, 0.1) is 0 Å². The number of aliphatic hydroxyl groups is 2. The van der Waals surface area contributed by atoms with Crippen molar-refractivity contribution < 1.29 is 15.0 Å². The average Bonchev–Trinajstić information content (AvgIpc) is 3.03.